The highest BCUT2D eigenvalue weighted by Crippen LogP contribution is 2.17. The molecule has 4 heterocycles. The molecule has 0 saturated carbocycles. The molecule has 7 nitrogen and oxygen atoms in total. The molecule has 0 bridgehead atoms. The Morgan fingerprint density at radius 1 is 1.14 bits per heavy atom. The van der Waals surface area contributed by atoms with E-state index >= 15 is 0 Å². The fourth-order valence-corrected chi connectivity index (χ4v) is 2.37. The van der Waals surface area contributed by atoms with Crippen molar-refractivity contribution in [2.24, 2.45) is 0 Å². The van der Waals surface area contributed by atoms with Crippen molar-refractivity contribution in [3.63, 3.8) is 0 Å². The number of pyridine rings is 1. The first-order chi connectivity index (χ1) is 10.8. The minimum absolute atomic E-state index is 0.439. The first kappa shape index (κ1) is 12.6. The zero-order chi connectivity index (χ0) is 14.9. The van der Waals surface area contributed by atoms with Crippen molar-refractivity contribution < 1.29 is 4.52 Å². The number of imidazole rings is 1. The van der Waals surface area contributed by atoms with E-state index in [4.69, 9.17) is 4.52 Å². The molecule has 4 rings (SSSR count). The summed E-state index contributed by atoms with van der Waals surface area (Å²) in [5, 5.41) is 11.7. The molecule has 0 saturated heterocycles. The monoisotopic (exact) mass is 292 g/mol. The molecule has 4 aromatic rings. The molecule has 0 unspecified atom stereocenters. The molecular formula is C15H12N6O. The van der Waals surface area contributed by atoms with Gasteiger partial charge in [0.25, 0.3) is 0 Å². The zero-order valence-corrected chi connectivity index (χ0v) is 11.8. The standard InChI is InChI=1S/C15H12N6O/c1-10-12(21-8-3-2-6-13(21)17-10)9-14-18-15(20-22-14)11-5-4-7-16-19-11/h2-8H,9H2,1H3. The normalized spacial score (nSPS) is 11.1. The molecular weight excluding hydrogens is 280 g/mol. The van der Waals surface area contributed by atoms with Crippen LogP contribution in [0.5, 0.6) is 0 Å². The topological polar surface area (TPSA) is 82.0 Å². The Labute approximate surface area is 125 Å². The van der Waals surface area contributed by atoms with E-state index in [1.54, 1.807) is 18.3 Å². The van der Waals surface area contributed by atoms with Crippen molar-refractivity contribution in [2.45, 2.75) is 13.3 Å². The summed E-state index contributed by atoms with van der Waals surface area (Å²) >= 11 is 0. The lowest BCUT2D eigenvalue weighted by Gasteiger charge is -1.98. The van der Waals surface area contributed by atoms with E-state index in [2.05, 4.69) is 25.3 Å². The fourth-order valence-electron chi connectivity index (χ4n) is 2.37. The molecule has 4 aromatic heterocycles. The molecule has 0 N–H and O–H groups in total. The Hall–Kier alpha value is -3.09. The number of aryl methyl sites for hydroxylation is 1. The summed E-state index contributed by atoms with van der Waals surface area (Å²) in [5.41, 5.74) is 3.48. The predicted octanol–water partition coefficient (Wildman–Crippen LogP) is 2.07. The van der Waals surface area contributed by atoms with Gasteiger partial charge in [-0.2, -0.15) is 10.1 Å². The van der Waals surface area contributed by atoms with Crippen LogP contribution in [0.15, 0.2) is 47.2 Å². The van der Waals surface area contributed by atoms with E-state index in [1.165, 1.54) is 0 Å². The molecule has 0 fully saturated rings. The minimum Gasteiger partial charge on any atom is -0.338 e. The summed E-state index contributed by atoms with van der Waals surface area (Å²) < 4.78 is 7.36. The second kappa shape index (κ2) is 5.03. The Bertz CT molecular complexity index is 928. The van der Waals surface area contributed by atoms with Gasteiger partial charge in [-0.3, -0.25) is 0 Å². The Kier molecular flexibility index (Phi) is 2.89. The van der Waals surface area contributed by atoms with Gasteiger partial charge in [0, 0.05) is 12.4 Å². The van der Waals surface area contributed by atoms with Gasteiger partial charge in [-0.25, -0.2) is 4.98 Å². The number of hydrogen-bond acceptors (Lipinski definition) is 6. The highest BCUT2D eigenvalue weighted by Gasteiger charge is 2.15. The molecule has 0 amide bonds. The van der Waals surface area contributed by atoms with Crippen LogP contribution < -0.4 is 0 Å². The van der Waals surface area contributed by atoms with E-state index in [9.17, 15) is 0 Å². The highest BCUT2D eigenvalue weighted by atomic mass is 16.5. The van der Waals surface area contributed by atoms with E-state index < -0.39 is 0 Å². The Morgan fingerprint density at radius 2 is 2.09 bits per heavy atom. The van der Waals surface area contributed by atoms with Crippen molar-refractivity contribution in [3.8, 4) is 11.5 Å². The SMILES string of the molecule is Cc1nc2ccccn2c1Cc1nc(-c2cccnn2)no1. The molecule has 108 valence electrons. The van der Waals surface area contributed by atoms with E-state index in [0.717, 1.165) is 17.0 Å². The van der Waals surface area contributed by atoms with Crippen LogP contribution in [-0.4, -0.2) is 29.7 Å². The molecule has 0 spiro atoms. The second-order valence-electron chi connectivity index (χ2n) is 4.87. The highest BCUT2D eigenvalue weighted by molar-refractivity contribution is 5.47. The maximum atomic E-state index is 5.33. The fraction of sp³-hybridized carbons (Fsp3) is 0.133. The summed E-state index contributed by atoms with van der Waals surface area (Å²) in [4.78, 5) is 8.91. The minimum atomic E-state index is 0.439. The van der Waals surface area contributed by atoms with Gasteiger partial charge in [-0.05, 0) is 31.2 Å². The first-order valence-corrected chi connectivity index (χ1v) is 6.84. The van der Waals surface area contributed by atoms with Gasteiger partial charge in [0.1, 0.15) is 11.3 Å². The van der Waals surface area contributed by atoms with E-state index in [-0.39, 0.29) is 0 Å². The summed E-state index contributed by atoms with van der Waals surface area (Å²) in [7, 11) is 0. The molecule has 7 heteroatoms. The zero-order valence-electron chi connectivity index (χ0n) is 11.8. The average molecular weight is 292 g/mol. The Morgan fingerprint density at radius 3 is 2.95 bits per heavy atom. The smallest absolute Gasteiger partial charge is 0.233 e. The third-order valence-electron chi connectivity index (χ3n) is 3.42. The second-order valence-corrected chi connectivity index (χ2v) is 4.87. The number of nitrogens with zero attached hydrogens (tertiary/aromatic N) is 6. The predicted molar refractivity (Wildman–Crippen MR) is 78.1 cm³/mol. The summed E-state index contributed by atoms with van der Waals surface area (Å²) in [6.07, 6.45) is 4.10. The maximum absolute atomic E-state index is 5.33. The maximum Gasteiger partial charge on any atom is 0.233 e. The van der Waals surface area contributed by atoms with Crippen LogP contribution in [0.25, 0.3) is 17.2 Å². The Balaban J connectivity index is 1.69. The molecule has 0 atom stereocenters. The average Bonchev–Trinajstić information content (AvgIpc) is 3.14. The summed E-state index contributed by atoms with van der Waals surface area (Å²) in [6.45, 7) is 1.97. The lowest BCUT2D eigenvalue weighted by molar-refractivity contribution is 0.384. The number of fused-ring (bicyclic) bond motifs is 1. The molecule has 22 heavy (non-hydrogen) atoms. The van der Waals surface area contributed by atoms with Crippen molar-refractivity contribution in [3.05, 3.63) is 60.0 Å². The number of rotatable bonds is 3. The lowest BCUT2D eigenvalue weighted by atomic mass is 10.2. The van der Waals surface area contributed by atoms with Crippen LogP contribution in [0, 0.1) is 6.92 Å². The third kappa shape index (κ3) is 2.12. The van der Waals surface area contributed by atoms with E-state index in [1.807, 2.05) is 35.7 Å². The molecule has 0 aliphatic heterocycles. The van der Waals surface area contributed by atoms with Crippen LogP contribution >= 0.6 is 0 Å². The molecule has 0 aliphatic rings. The molecule has 0 aromatic carbocycles. The van der Waals surface area contributed by atoms with Crippen LogP contribution in [-0.2, 0) is 6.42 Å². The molecule has 0 aliphatic carbocycles. The van der Waals surface area contributed by atoms with Crippen molar-refractivity contribution in [1.82, 2.24) is 29.7 Å². The van der Waals surface area contributed by atoms with Gasteiger partial charge in [0.05, 0.1) is 17.8 Å². The quantitative estimate of drug-likeness (QED) is 0.575. The van der Waals surface area contributed by atoms with Gasteiger partial charge < -0.3 is 8.92 Å². The summed E-state index contributed by atoms with van der Waals surface area (Å²) in [5.74, 6) is 0.962. The van der Waals surface area contributed by atoms with Gasteiger partial charge in [-0.15, -0.1) is 5.10 Å². The van der Waals surface area contributed by atoms with Gasteiger partial charge >= 0.3 is 0 Å². The third-order valence-corrected chi connectivity index (χ3v) is 3.42. The lowest BCUT2D eigenvalue weighted by Crippen LogP contribution is -1.96. The van der Waals surface area contributed by atoms with Crippen LogP contribution in [0.4, 0.5) is 0 Å². The van der Waals surface area contributed by atoms with Gasteiger partial charge in [-0.1, -0.05) is 11.2 Å². The largest absolute Gasteiger partial charge is 0.338 e. The van der Waals surface area contributed by atoms with Crippen LogP contribution in [0.1, 0.15) is 17.3 Å². The van der Waals surface area contributed by atoms with Crippen molar-refractivity contribution in [2.75, 3.05) is 0 Å². The molecule has 0 radical (unpaired) electrons. The number of aromatic nitrogens is 6. The van der Waals surface area contributed by atoms with Gasteiger partial charge in [0.15, 0.2) is 0 Å². The first-order valence-electron chi connectivity index (χ1n) is 6.84. The van der Waals surface area contributed by atoms with Crippen LogP contribution in [0.2, 0.25) is 0 Å². The van der Waals surface area contributed by atoms with Gasteiger partial charge in [0.2, 0.25) is 11.7 Å². The van der Waals surface area contributed by atoms with Crippen LogP contribution in [0.3, 0.4) is 0 Å². The summed E-state index contributed by atoms with van der Waals surface area (Å²) in [6, 6.07) is 9.48. The van der Waals surface area contributed by atoms with E-state index in [0.29, 0.717) is 23.8 Å². The number of hydrogen-bond donors (Lipinski definition) is 0. The van der Waals surface area contributed by atoms with Crippen molar-refractivity contribution in [1.29, 1.82) is 0 Å². The van der Waals surface area contributed by atoms with Crippen molar-refractivity contribution >= 4 is 5.65 Å².